The molecule has 7 heteroatoms. The SMILES string of the molecule is Cl.O=C(CCCc1cc(Cl)sc1Cl)NC1CCNC1. The van der Waals surface area contributed by atoms with Crippen molar-refractivity contribution in [2.75, 3.05) is 13.1 Å². The maximum atomic E-state index is 11.7. The van der Waals surface area contributed by atoms with E-state index in [4.69, 9.17) is 23.2 Å². The van der Waals surface area contributed by atoms with Crippen LogP contribution in [0.2, 0.25) is 8.67 Å². The molecule has 1 atom stereocenters. The Labute approximate surface area is 133 Å². The molecule has 1 aromatic rings. The molecule has 0 saturated carbocycles. The summed E-state index contributed by atoms with van der Waals surface area (Å²) in [5.41, 5.74) is 1.04. The first-order valence-electron chi connectivity index (χ1n) is 6.09. The molecule has 2 heterocycles. The summed E-state index contributed by atoms with van der Waals surface area (Å²) in [5, 5.41) is 6.25. The predicted molar refractivity (Wildman–Crippen MR) is 83.9 cm³/mol. The average Bonchev–Trinajstić information content (AvgIpc) is 2.89. The van der Waals surface area contributed by atoms with E-state index in [2.05, 4.69) is 10.6 Å². The molecule has 1 aliphatic rings. The van der Waals surface area contributed by atoms with E-state index in [1.165, 1.54) is 11.3 Å². The van der Waals surface area contributed by atoms with Gasteiger partial charge in [0, 0.05) is 19.0 Å². The minimum absolute atomic E-state index is 0. The summed E-state index contributed by atoms with van der Waals surface area (Å²) in [6.07, 6.45) is 3.18. The molecule has 1 unspecified atom stereocenters. The topological polar surface area (TPSA) is 41.1 Å². The van der Waals surface area contributed by atoms with Crippen LogP contribution in [0.15, 0.2) is 6.07 Å². The highest BCUT2D eigenvalue weighted by atomic mass is 35.5. The van der Waals surface area contributed by atoms with Crippen LogP contribution in [0.4, 0.5) is 0 Å². The molecule has 19 heavy (non-hydrogen) atoms. The lowest BCUT2D eigenvalue weighted by Gasteiger charge is -2.10. The molecule has 108 valence electrons. The minimum atomic E-state index is 0. The summed E-state index contributed by atoms with van der Waals surface area (Å²) < 4.78 is 1.44. The Morgan fingerprint density at radius 3 is 2.89 bits per heavy atom. The maximum absolute atomic E-state index is 11.7. The van der Waals surface area contributed by atoms with E-state index in [0.29, 0.717) is 16.8 Å². The van der Waals surface area contributed by atoms with Crippen molar-refractivity contribution in [1.82, 2.24) is 10.6 Å². The van der Waals surface area contributed by atoms with Gasteiger partial charge in [-0.05, 0) is 37.4 Å². The van der Waals surface area contributed by atoms with Gasteiger partial charge in [0.25, 0.3) is 0 Å². The van der Waals surface area contributed by atoms with Crippen molar-refractivity contribution in [2.24, 2.45) is 0 Å². The molecule has 1 aromatic heterocycles. The molecule has 1 saturated heterocycles. The van der Waals surface area contributed by atoms with Crippen LogP contribution in [-0.2, 0) is 11.2 Å². The number of amides is 1. The maximum Gasteiger partial charge on any atom is 0.220 e. The van der Waals surface area contributed by atoms with Crippen molar-refractivity contribution in [2.45, 2.75) is 31.7 Å². The zero-order valence-electron chi connectivity index (χ0n) is 10.4. The monoisotopic (exact) mass is 342 g/mol. The Bertz CT molecular complexity index is 419. The first-order valence-corrected chi connectivity index (χ1v) is 7.66. The van der Waals surface area contributed by atoms with E-state index >= 15 is 0 Å². The van der Waals surface area contributed by atoms with Crippen molar-refractivity contribution in [1.29, 1.82) is 0 Å². The van der Waals surface area contributed by atoms with Crippen molar-refractivity contribution >= 4 is 52.9 Å². The molecule has 3 nitrogen and oxygen atoms in total. The second-order valence-electron chi connectivity index (χ2n) is 4.46. The first-order chi connectivity index (χ1) is 8.65. The number of hydrogen-bond donors (Lipinski definition) is 2. The van der Waals surface area contributed by atoms with Gasteiger partial charge in [-0.2, -0.15) is 0 Å². The molecule has 0 spiro atoms. The highest BCUT2D eigenvalue weighted by Crippen LogP contribution is 2.31. The van der Waals surface area contributed by atoms with Crippen LogP contribution in [0.3, 0.4) is 0 Å². The average molecular weight is 344 g/mol. The van der Waals surface area contributed by atoms with Crippen LogP contribution < -0.4 is 10.6 Å². The van der Waals surface area contributed by atoms with E-state index in [1.807, 2.05) is 6.07 Å². The van der Waals surface area contributed by atoms with Crippen molar-refractivity contribution in [3.05, 3.63) is 20.3 Å². The molecule has 0 radical (unpaired) electrons. The van der Waals surface area contributed by atoms with Crippen molar-refractivity contribution < 1.29 is 4.79 Å². The van der Waals surface area contributed by atoms with Gasteiger partial charge in [0.1, 0.15) is 0 Å². The largest absolute Gasteiger partial charge is 0.352 e. The zero-order chi connectivity index (χ0) is 13.0. The molecule has 1 aliphatic heterocycles. The van der Waals surface area contributed by atoms with Crippen LogP contribution >= 0.6 is 46.9 Å². The summed E-state index contributed by atoms with van der Waals surface area (Å²) in [6, 6.07) is 2.18. The Kier molecular flexibility index (Phi) is 7.47. The molecule has 2 rings (SSSR count). The lowest BCUT2D eigenvalue weighted by atomic mass is 10.1. The van der Waals surface area contributed by atoms with E-state index in [9.17, 15) is 4.79 Å². The second-order valence-corrected chi connectivity index (χ2v) is 6.75. The molecule has 0 aromatic carbocycles. The van der Waals surface area contributed by atoms with Gasteiger partial charge in [0.15, 0.2) is 0 Å². The number of halogens is 3. The third kappa shape index (κ3) is 5.48. The van der Waals surface area contributed by atoms with Gasteiger partial charge >= 0.3 is 0 Å². The van der Waals surface area contributed by atoms with Crippen molar-refractivity contribution in [3.63, 3.8) is 0 Å². The fourth-order valence-corrected chi connectivity index (χ4v) is 3.61. The number of carbonyl (C=O) groups excluding carboxylic acids is 1. The summed E-state index contributed by atoms with van der Waals surface area (Å²) in [5.74, 6) is 0.126. The molecule has 0 bridgehead atoms. The summed E-state index contributed by atoms with van der Waals surface area (Å²) in [4.78, 5) is 11.7. The smallest absolute Gasteiger partial charge is 0.220 e. The quantitative estimate of drug-likeness (QED) is 0.861. The van der Waals surface area contributed by atoms with Crippen LogP contribution in [0.1, 0.15) is 24.8 Å². The lowest BCUT2D eigenvalue weighted by Crippen LogP contribution is -2.36. The van der Waals surface area contributed by atoms with Gasteiger partial charge in [0.05, 0.1) is 8.67 Å². The van der Waals surface area contributed by atoms with Gasteiger partial charge < -0.3 is 10.6 Å². The Morgan fingerprint density at radius 2 is 2.32 bits per heavy atom. The summed E-state index contributed by atoms with van der Waals surface area (Å²) >= 11 is 13.3. The third-order valence-corrected chi connectivity index (χ3v) is 4.57. The molecular weight excluding hydrogens is 327 g/mol. The van der Waals surface area contributed by atoms with Crippen LogP contribution in [0.25, 0.3) is 0 Å². The van der Waals surface area contributed by atoms with E-state index in [-0.39, 0.29) is 18.3 Å². The van der Waals surface area contributed by atoms with Crippen LogP contribution in [0.5, 0.6) is 0 Å². The normalized spacial score (nSPS) is 18.1. The lowest BCUT2D eigenvalue weighted by molar-refractivity contribution is -0.121. The van der Waals surface area contributed by atoms with Gasteiger partial charge in [-0.1, -0.05) is 23.2 Å². The number of carbonyl (C=O) groups is 1. The Hall–Kier alpha value is -0.000000000000000104. The fraction of sp³-hybridized carbons (Fsp3) is 0.583. The summed E-state index contributed by atoms with van der Waals surface area (Å²) in [7, 11) is 0. The predicted octanol–water partition coefficient (Wildman–Crippen LogP) is 3.28. The van der Waals surface area contributed by atoms with Crippen molar-refractivity contribution in [3.8, 4) is 0 Å². The van der Waals surface area contributed by atoms with E-state index in [0.717, 1.165) is 42.3 Å². The first kappa shape index (κ1) is 17.1. The molecule has 1 fully saturated rings. The number of nitrogens with one attached hydrogen (secondary N) is 2. The van der Waals surface area contributed by atoms with Gasteiger partial charge in [-0.15, -0.1) is 23.7 Å². The Balaban J connectivity index is 0.00000180. The fourth-order valence-electron chi connectivity index (χ4n) is 2.06. The van der Waals surface area contributed by atoms with Gasteiger partial charge in [-0.3, -0.25) is 4.79 Å². The molecular formula is C12H17Cl3N2OS. The van der Waals surface area contributed by atoms with E-state index < -0.39 is 0 Å². The zero-order valence-corrected chi connectivity index (χ0v) is 13.5. The Morgan fingerprint density at radius 1 is 1.53 bits per heavy atom. The van der Waals surface area contributed by atoms with Crippen LogP contribution in [0, 0.1) is 0 Å². The van der Waals surface area contributed by atoms with Gasteiger partial charge in [-0.25, -0.2) is 0 Å². The molecule has 1 amide bonds. The molecule has 0 aliphatic carbocycles. The molecule has 2 N–H and O–H groups in total. The number of rotatable bonds is 5. The minimum Gasteiger partial charge on any atom is -0.352 e. The highest BCUT2D eigenvalue weighted by molar-refractivity contribution is 7.20. The number of hydrogen-bond acceptors (Lipinski definition) is 3. The standard InChI is InChI=1S/C12H16Cl2N2OS.ClH/c13-10-6-8(12(14)18-10)2-1-3-11(17)16-9-4-5-15-7-9;/h6,9,15H,1-5,7H2,(H,16,17);1H. The second kappa shape index (κ2) is 8.32. The number of aryl methyl sites for hydroxylation is 1. The highest BCUT2D eigenvalue weighted by Gasteiger charge is 2.16. The van der Waals surface area contributed by atoms with Crippen LogP contribution in [-0.4, -0.2) is 25.0 Å². The van der Waals surface area contributed by atoms with E-state index in [1.54, 1.807) is 0 Å². The summed E-state index contributed by atoms with van der Waals surface area (Å²) in [6.45, 7) is 1.88. The third-order valence-electron chi connectivity index (χ3n) is 3.00. The number of thiophene rings is 1. The van der Waals surface area contributed by atoms with Gasteiger partial charge in [0.2, 0.25) is 5.91 Å².